The van der Waals surface area contributed by atoms with Gasteiger partial charge >= 0.3 is 0 Å². The fourth-order valence-electron chi connectivity index (χ4n) is 3.14. The van der Waals surface area contributed by atoms with Crippen LogP contribution in [0.2, 0.25) is 0 Å². The summed E-state index contributed by atoms with van der Waals surface area (Å²) >= 11 is 0. The molecule has 2 aromatic carbocycles. The molecule has 4 rings (SSSR count). The Morgan fingerprint density at radius 2 is 1.75 bits per heavy atom. The van der Waals surface area contributed by atoms with Crippen molar-refractivity contribution in [3.63, 3.8) is 0 Å². The summed E-state index contributed by atoms with van der Waals surface area (Å²) in [6.07, 6.45) is 1.82. The van der Waals surface area contributed by atoms with Gasteiger partial charge in [0.15, 0.2) is 5.82 Å². The summed E-state index contributed by atoms with van der Waals surface area (Å²) in [5.74, 6) is 1.02. The van der Waals surface area contributed by atoms with E-state index in [0.717, 1.165) is 12.1 Å². The smallest absolute Gasteiger partial charge is 0.267 e. The molecule has 2 heterocycles. The number of rotatable bonds is 6. The largest absolute Gasteiger partial charge is 0.302 e. The molecule has 0 aliphatic heterocycles. The lowest BCUT2D eigenvalue weighted by Gasteiger charge is -2.05. The summed E-state index contributed by atoms with van der Waals surface area (Å²) in [5, 5.41) is 10.0. The van der Waals surface area contributed by atoms with Crippen LogP contribution in [0.4, 0.5) is 4.39 Å². The Kier molecular flexibility index (Phi) is 4.89. The van der Waals surface area contributed by atoms with Gasteiger partial charge in [-0.3, -0.25) is 9.89 Å². The maximum atomic E-state index is 13.3. The van der Waals surface area contributed by atoms with Gasteiger partial charge in [-0.15, -0.1) is 0 Å². The van der Waals surface area contributed by atoms with Crippen LogP contribution in [0.5, 0.6) is 0 Å². The van der Waals surface area contributed by atoms with Crippen molar-refractivity contribution in [3.05, 3.63) is 99.2 Å². The van der Waals surface area contributed by atoms with Crippen molar-refractivity contribution in [1.29, 1.82) is 0 Å². The quantitative estimate of drug-likeness (QED) is 0.542. The molecule has 0 bridgehead atoms. The number of H-pyrrole nitrogens is 2. The number of aromatic nitrogens is 5. The van der Waals surface area contributed by atoms with Gasteiger partial charge < -0.3 is 5.10 Å². The first-order valence-electron chi connectivity index (χ1n) is 9.11. The number of aryl methyl sites for hydroxylation is 3. The minimum Gasteiger partial charge on any atom is -0.302 e. The molecule has 0 saturated carbocycles. The number of hydrogen-bond acceptors (Lipinski definition) is 3. The van der Waals surface area contributed by atoms with Crippen molar-refractivity contribution < 1.29 is 4.39 Å². The molecule has 0 unspecified atom stereocenters. The molecule has 6 nitrogen and oxygen atoms in total. The van der Waals surface area contributed by atoms with Crippen LogP contribution in [-0.4, -0.2) is 25.0 Å². The van der Waals surface area contributed by atoms with Crippen LogP contribution in [0, 0.1) is 12.7 Å². The molecule has 28 heavy (non-hydrogen) atoms. The van der Waals surface area contributed by atoms with Gasteiger partial charge in [-0.2, -0.15) is 5.10 Å². The molecule has 0 aliphatic carbocycles. The van der Waals surface area contributed by atoms with Gasteiger partial charge in [0.25, 0.3) is 5.56 Å². The zero-order valence-electron chi connectivity index (χ0n) is 15.4. The Morgan fingerprint density at radius 1 is 1.00 bits per heavy atom. The molecule has 0 aliphatic rings. The summed E-state index contributed by atoms with van der Waals surface area (Å²) in [4.78, 5) is 16.7. The van der Waals surface area contributed by atoms with Gasteiger partial charge in [0.2, 0.25) is 0 Å². The van der Waals surface area contributed by atoms with Crippen LogP contribution in [0.3, 0.4) is 0 Å². The highest BCUT2D eigenvalue weighted by molar-refractivity contribution is 5.33. The molecule has 7 heteroatoms. The van der Waals surface area contributed by atoms with Crippen LogP contribution < -0.4 is 5.56 Å². The first kappa shape index (κ1) is 17.9. The van der Waals surface area contributed by atoms with Gasteiger partial charge in [-0.05, 0) is 43.2 Å². The van der Waals surface area contributed by atoms with E-state index in [9.17, 15) is 9.18 Å². The fraction of sp³-hybridized carbons (Fsp3) is 0.190. The molecule has 0 radical (unpaired) electrons. The Balaban J connectivity index is 1.67. The summed E-state index contributed by atoms with van der Waals surface area (Å²) in [7, 11) is 0. The van der Waals surface area contributed by atoms with Crippen molar-refractivity contribution in [2.24, 2.45) is 0 Å². The molecular weight excluding hydrogens is 357 g/mol. The maximum absolute atomic E-state index is 13.3. The average Bonchev–Trinajstić information content (AvgIpc) is 3.26. The van der Waals surface area contributed by atoms with E-state index >= 15 is 0 Å². The second-order valence-electron chi connectivity index (χ2n) is 6.68. The summed E-state index contributed by atoms with van der Waals surface area (Å²) in [6, 6.07) is 16.2. The normalized spacial score (nSPS) is 11.1. The lowest BCUT2D eigenvalue weighted by Crippen LogP contribution is -2.11. The minimum atomic E-state index is -0.312. The van der Waals surface area contributed by atoms with Crippen molar-refractivity contribution in [1.82, 2.24) is 25.0 Å². The zero-order valence-corrected chi connectivity index (χ0v) is 15.4. The molecule has 0 spiro atoms. The molecule has 2 N–H and O–H groups in total. The van der Waals surface area contributed by atoms with Gasteiger partial charge in [0.1, 0.15) is 11.6 Å². The number of nitrogens with one attached hydrogen (secondary N) is 2. The Labute approximate surface area is 161 Å². The highest BCUT2D eigenvalue weighted by Gasteiger charge is 2.16. The number of nitrogens with zero attached hydrogens (tertiary/aromatic N) is 3. The van der Waals surface area contributed by atoms with Crippen molar-refractivity contribution in [2.75, 3.05) is 0 Å². The average molecular weight is 377 g/mol. The SMILES string of the molecule is Cc1[nH][nH]c(=O)c1Cc1nc(CCc2ccccc2)nn1-c1ccc(F)cc1. The molecule has 0 atom stereocenters. The summed E-state index contributed by atoms with van der Waals surface area (Å²) < 4.78 is 15.0. The van der Waals surface area contributed by atoms with E-state index in [1.165, 1.54) is 17.7 Å². The van der Waals surface area contributed by atoms with Crippen LogP contribution >= 0.6 is 0 Å². The lowest BCUT2D eigenvalue weighted by molar-refractivity contribution is 0.626. The van der Waals surface area contributed by atoms with Crippen LogP contribution in [-0.2, 0) is 19.3 Å². The number of hydrogen-bond donors (Lipinski definition) is 2. The van der Waals surface area contributed by atoms with E-state index in [1.54, 1.807) is 16.8 Å². The Morgan fingerprint density at radius 3 is 2.43 bits per heavy atom. The molecule has 4 aromatic rings. The van der Waals surface area contributed by atoms with Crippen molar-refractivity contribution in [2.45, 2.75) is 26.2 Å². The minimum absolute atomic E-state index is 0.169. The van der Waals surface area contributed by atoms with Gasteiger partial charge in [-0.1, -0.05) is 30.3 Å². The highest BCUT2D eigenvalue weighted by atomic mass is 19.1. The standard InChI is InChI=1S/C21H20FN5O/c1-14-18(21(28)25-24-14)13-20-23-19(12-7-15-5-3-2-4-6-15)26-27(20)17-10-8-16(22)9-11-17/h2-6,8-11H,7,12-13H2,1H3,(H2,24,25,28). The Hall–Kier alpha value is -3.48. The van der Waals surface area contributed by atoms with E-state index < -0.39 is 0 Å². The van der Waals surface area contributed by atoms with Crippen molar-refractivity contribution in [3.8, 4) is 5.69 Å². The molecule has 0 saturated heterocycles. The second-order valence-corrected chi connectivity index (χ2v) is 6.68. The topological polar surface area (TPSA) is 79.4 Å². The van der Waals surface area contributed by atoms with Crippen LogP contribution in [0.25, 0.3) is 5.69 Å². The van der Waals surface area contributed by atoms with Crippen LogP contribution in [0.1, 0.15) is 28.5 Å². The monoisotopic (exact) mass is 377 g/mol. The number of benzene rings is 2. The predicted molar refractivity (Wildman–Crippen MR) is 104 cm³/mol. The molecule has 0 amide bonds. The maximum Gasteiger partial charge on any atom is 0.267 e. The van der Waals surface area contributed by atoms with E-state index in [4.69, 9.17) is 0 Å². The van der Waals surface area contributed by atoms with Gasteiger partial charge in [-0.25, -0.2) is 14.1 Å². The first-order chi connectivity index (χ1) is 13.6. The zero-order chi connectivity index (χ0) is 19.5. The van der Waals surface area contributed by atoms with Crippen molar-refractivity contribution >= 4 is 0 Å². The van der Waals surface area contributed by atoms with E-state index in [2.05, 4.69) is 32.4 Å². The van der Waals surface area contributed by atoms with Crippen LogP contribution in [0.15, 0.2) is 59.4 Å². The molecule has 0 fully saturated rings. The second kappa shape index (κ2) is 7.64. The molecular formula is C21H20FN5O. The third kappa shape index (κ3) is 3.78. The lowest BCUT2D eigenvalue weighted by atomic mass is 10.1. The Bertz CT molecular complexity index is 1130. The summed E-state index contributed by atoms with van der Waals surface area (Å²) in [5.41, 5.74) is 3.13. The van der Waals surface area contributed by atoms with E-state index in [0.29, 0.717) is 35.7 Å². The van der Waals surface area contributed by atoms with Gasteiger partial charge in [0.05, 0.1) is 5.69 Å². The molecule has 2 aromatic heterocycles. The van der Waals surface area contributed by atoms with E-state index in [1.807, 2.05) is 25.1 Å². The van der Waals surface area contributed by atoms with Gasteiger partial charge in [0, 0.05) is 24.1 Å². The first-order valence-corrected chi connectivity index (χ1v) is 9.11. The fourth-order valence-corrected chi connectivity index (χ4v) is 3.14. The molecule has 142 valence electrons. The number of aromatic amines is 2. The van der Waals surface area contributed by atoms with E-state index in [-0.39, 0.29) is 11.4 Å². The highest BCUT2D eigenvalue weighted by Crippen LogP contribution is 2.15. The number of halogens is 1. The predicted octanol–water partition coefficient (Wildman–Crippen LogP) is 3.11. The third-order valence-corrected chi connectivity index (χ3v) is 4.69. The summed E-state index contributed by atoms with van der Waals surface area (Å²) in [6.45, 7) is 1.84. The third-order valence-electron chi connectivity index (χ3n) is 4.69.